The second-order valence-corrected chi connectivity index (χ2v) is 3.63. The van der Waals surface area contributed by atoms with E-state index >= 15 is 0 Å². The van der Waals surface area contributed by atoms with Crippen LogP contribution in [0.25, 0.3) is 11.1 Å². The summed E-state index contributed by atoms with van der Waals surface area (Å²) in [5.74, 6) is 0.714. The van der Waals surface area contributed by atoms with Crippen LogP contribution in [0.5, 0.6) is 0 Å². The van der Waals surface area contributed by atoms with Gasteiger partial charge in [-0.05, 0) is 26.8 Å². The van der Waals surface area contributed by atoms with Crippen molar-refractivity contribution in [2.75, 3.05) is 0 Å². The lowest BCUT2D eigenvalue weighted by Gasteiger charge is -2.07. The molecule has 14 heavy (non-hydrogen) atoms. The van der Waals surface area contributed by atoms with Crippen molar-refractivity contribution < 1.29 is 4.42 Å². The Morgan fingerprint density at radius 3 is 2.86 bits per heavy atom. The molecule has 74 valence electrons. The molecule has 0 aliphatic carbocycles. The molecule has 0 saturated carbocycles. The van der Waals surface area contributed by atoms with Gasteiger partial charge in [0.25, 0.3) is 5.56 Å². The largest absolute Gasteiger partial charge is 0.443 e. The van der Waals surface area contributed by atoms with Crippen LogP contribution in [0, 0.1) is 6.92 Å². The molecule has 0 spiro atoms. The first kappa shape index (κ1) is 8.99. The zero-order valence-electron chi connectivity index (χ0n) is 8.44. The minimum absolute atomic E-state index is 0.0400. The van der Waals surface area contributed by atoms with Crippen molar-refractivity contribution in [1.29, 1.82) is 0 Å². The van der Waals surface area contributed by atoms with Crippen LogP contribution in [-0.2, 0) is 0 Å². The molecular formula is C10H12N2O2. The molecule has 4 nitrogen and oxygen atoms in total. The van der Waals surface area contributed by atoms with Crippen LogP contribution in [0.15, 0.2) is 21.6 Å². The fourth-order valence-corrected chi connectivity index (χ4v) is 1.43. The number of aromatic nitrogens is 2. The minimum Gasteiger partial charge on any atom is -0.443 e. The van der Waals surface area contributed by atoms with Crippen molar-refractivity contribution in [2.24, 2.45) is 0 Å². The van der Waals surface area contributed by atoms with E-state index in [1.807, 2.05) is 13.8 Å². The first-order valence-electron chi connectivity index (χ1n) is 4.57. The molecule has 0 aromatic carbocycles. The SMILES string of the molecule is Cc1cc2c(=O)n(C(C)C)cnc2o1. The van der Waals surface area contributed by atoms with Crippen molar-refractivity contribution in [1.82, 2.24) is 9.55 Å². The summed E-state index contributed by atoms with van der Waals surface area (Å²) in [5.41, 5.74) is 0.381. The van der Waals surface area contributed by atoms with Crippen LogP contribution in [0.1, 0.15) is 25.6 Å². The quantitative estimate of drug-likeness (QED) is 0.693. The van der Waals surface area contributed by atoms with Gasteiger partial charge in [0.05, 0.1) is 0 Å². The molecule has 0 aliphatic rings. The molecule has 2 heterocycles. The standard InChI is InChI=1S/C10H12N2O2/c1-6(2)12-5-11-9-8(10(12)13)4-7(3)14-9/h4-6H,1-3H3. The maximum atomic E-state index is 11.8. The van der Waals surface area contributed by atoms with E-state index in [1.165, 1.54) is 6.33 Å². The number of fused-ring (bicyclic) bond motifs is 1. The molecule has 0 N–H and O–H groups in total. The highest BCUT2D eigenvalue weighted by atomic mass is 16.3. The lowest BCUT2D eigenvalue weighted by Crippen LogP contribution is -2.21. The summed E-state index contributed by atoms with van der Waals surface area (Å²) in [5, 5.41) is 0.554. The van der Waals surface area contributed by atoms with Crippen LogP contribution in [-0.4, -0.2) is 9.55 Å². The Morgan fingerprint density at radius 2 is 2.21 bits per heavy atom. The topological polar surface area (TPSA) is 48.0 Å². The van der Waals surface area contributed by atoms with Crippen molar-refractivity contribution in [3.8, 4) is 0 Å². The van der Waals surface area contributed by atoms with E-state index in [-0.39, 0.29) is 11.6 Å². The predicted molar refractivity (Wildman–Crippen MR) is 53.4 cm³/mol. The second kappa shape index (κ2) is 2.97. The van der Waals surface area contributed by atoms with Crippen LogP contribution < -0.4 is 5.56 Å². The molecule has 0 amide bonds. The molecule has 0 fully saturated rings. The first-order chi connectivity index (χ1) is 6.59. The number of nitrogens with zero attached hydrogens (tertiary/aromatic N) is 2. The van der Waals surface area contributed by atoms with E-state index in [2.05, 4.69) is 4.98 Å². The zero-order chi connectivity index (χ0) is 10.3. The highest BCUT2D eigenvalue weighted by molar-refractivity contribution is 5.72. The maximum absolute atomic E-state index is 11.8. The molecule has 0 aliphatic heterocycles. The normalized spacial score (nSPS) is 11.4. The van der Waals surface area contributed by atoms with Gasteiger partial charge in [0.2, 0.25) is 5.71 Å². The van der Waals surface area contributed by atoms with Crippen molar-refractivity contribution >= 4 is 11.1 Å². The second-order valence-electron chi connectivity index (χ2n) is 3.63. The average Bonchev–Trinajstić information content (AvgIpc) is 2.46. The van der Waals surface area contributed by atoms with Crippen molar-refractivity contribution in [3.05, 3.63) is 28.5 Å². The smallest absolute Gasteiger partial charge is 0.264 e. The van der Waals surface area contributed by atoms with Gasteiger partial charge in [0.1, 0.15) is 17.5 Å². The molecule has 0 atom stereocenters. The summed E-state index contributed by atoms with van der Waals surface area (Å²) >= 11 is 0. The van der Waals surface area contributed by atoms with Crippen LogP contribution in [0.4, 0.5) is 0 Å². The zero-order valence-corrected chi connectivity index (χ0v) is 8.44. The Kier molecular flexibility index (Phi) is 1.91. The van der Waals surface area contributed by atoms with Gasteiger partial charge < -0.3 is 4.42 Å². The Bertz CT molecular complexity index is 522. The summed E-state index contributed by atoms with van der Waals surface area (Å²) < 4.78 is 6.85. The molecule has 0 bridgehead atoms. The summed E-state index contributed by atoms with van der Waals surface area (Å²) in [6.45, 7) is 5.70. The molecule has 2 rings (SSSR count). The minimum atomic E-state index is -0.0400. The van der Waals surface area contributed by atoms with Gasteiger partial charge in [0, 0.05) is 6.04 Å². The Labute approximate surface area is 81.2 Å². The fraction of sp³-hybridized carbons (Fsp3) is 0.400. The van der Waals surface area contributed by atoms with Gasteiger partial charge in [0.15, 0.2) is 0 Å². The van der Waals surface area contributed by atoms with E-state index in [1.54, 1.807) is 17.6 Å². The summed E-state index contributed by atoms with van der Waals surface area (Å²) in [7, 11) is 0. The third-order valence-corrected chi connectivity index (χ3v) is 2.16. The molecule has 2 aromatic heterocycles. The number of rotatable bonds is 1. The average molecular weight is 192 g/mol. The monoisotopic (exact) mass is 192 g/mol. The fourth-order valence-electron chi connectivity index (χ4n) is 1.43. The highest BCUT2D eigenvalue weighted by Gasteiger charge is 2.09. The van der Waals surface area contributed by atoms with Gasteiger partial charge in [-0.15, -0.1) is 0 Å². The molecule has 0 saturated heterocycles. The van der Waals surface area contributed by atoms with E-state index < -0.39 is 0 Å². The van der Waals surface area contributed by atoms with Gasteiger partial charge in [-0.25, -0.2) is 4.98 Å². The van der Waals surface area contributed by atoms with Gasteiger partial charge >= 0.3 is 0 Å². The molecular weight excluding hydrogens is 180 g/mol. The first-order valence-corrected chi connectivity index (χ1v) is 4.57. The Balaban J connectivity index is 2.81. The summed E-state index contributed by atoms with van der Waals surface area (Å²) in [6.07, 6.45) is 1.53. The Hall–Kier alpha value is -1.58. The van der Waals surface area contributed by atoms with E-state index in [9.17, 15) is 4.79 Å². The number of hydrogen-bond donors (Lipinski definition) is 0. The van der Waals surface area contributed by atoms with Crippen molar-refractivity contribution in [3.63, 3.8) is 0 Å². The maximum Gasteiger partial charge on any atom is 0.264 e. The highest BCUT2D eigenvalue weighted by Crippen LogP contribution is 2.12. The lowest BCUT2D eigenvalue weighted by atomic mass is 10.3. The number of aryl methyl sites for hydroxylation is 1. The van der Waals surface area contributed by atoms with Crippen LogP contribution in [0.2, 0.25) is 0 Å². The molecule has 4 heteroatoms. The van der Waals surface area contributed by atoms with E-state index in [4.69, 9.17) is 4.42 Å². The van der Waals surface area contributed by atoms with E-state index in [0.29, 0.717) is 16.9 Å². The van der Waals surface area contributed by atoms with Gasteiger partial charge in [-0.1, -0.05) is 0 Å². The van der Waals surface area contributed by atoms with Crippen LogP contribution in [0.3, 0.4) is 0 Å². The Morgan fingerprint density at radius 1 is 1.50 bits per heavy atom. The van der Waals surface area contributed by atoms with E-state index in [0.717, 1.165) is 0 Å². The van der Waals surface area contributed by atoms with Crippen molar-refractivity contribution in [2.45, 2.75) is 26.8 Å². The summed E-state index contributed by atoms with van der Waals surface area (Å²) in [4.78, 5) is 15.9. The molecule has 0 radical (unpaired) electrons. The molecule has 0 unspecified atom stereocenters. The predicted octanol–water partition coefficient (Wildman–Crippen LogP) is 1.88. The summed E-state index contributed by atoms with van der Waals surface area (Å²) in [6, 6.07) is 1.85. The van der Waals surface area contributed by atoms with Gasteiger partial charge in [-0.3, -0.25) is 9.36 Å². The van der Waals surface area contributed by atoms with Crippen LogP contribution >= 0.6 is 0 Å². The number of furan rings is 1. The molecule has 2 aromatic rings. The third kappa shape index (κ3) is 1.23. The lowest BCUT2D eigenvalue weighted by molar-refractivity contribution is 0.548. The number of hydrogen-bond acceptors (Lipinski definition) is 3. The van der Waals surface area contributed by atoms with Gasteiger partial charge in [-0.2, -0.15) is 0 Å². The third-order valence-electron chi connectivity index (χ3n) is 2.16.